The number of amides is 1. The molecule has 1 saturated heterocycles. The first kappa shape index (κ1) is 16.8. The maximum absolute atomic E-state index is 12.0. The summed E-state index contributed by atoms with van der Waals surface area (Å²) in [6, 6.07) is 7.22. The molecule has 0 radical (unpaired) electrons. The van der Waals surface area contributed by atoms with Gasteiger partial charge in [0.1, 0.15) is 11.4 Å². The predicted molar refractivity (Wildman–Crippen MR) is 85.3 cm³/mol. The van der Waals surface area contributed by atoms with E-state index in [-0.39, 0.29) is 29.6 Å². The van der Waals surface area contributed by atoms with Crippen molar-refractivity contribution in [2.24, 2.45) is 11.1 Å². The molecule has 0 spiro atoms. The zero-order valence-corrected chi connectivity index (χ0v) is 13.9. The fraction of sp³-hybridized carbons (Fsp3) is 0.533. The Morgan fingerprint density at radius 2 is 1.86 bits per heavy atom. The number of nitrogens with zero attached hydrogens (tertiary/aromatic N) is 1. The molecule has 1 aliphatic rings. The number of ether oxygens (including phenoxy) is 1. The zero-order valence-electron chi connectivity index (χ0n) is 13.1. The first-order chi connectivity index (χ1) is 10.0. The van der Waals surface area contributed by atoms with Gasteiger partial charge in [0, 0.05) is 24.6 Å². The topological polar surface area (TPSA) is 89.7 Å². The van der Waals surface area contributed by atoms with Crippen molar-refractivity contribution in [3.63, 3.8) is 0 Å². The number of anilines is 1. The van der Waals surface area contributed by atoms with Crippen LogP contribution in [0.1, 0.15) is 27.2 Å². The number of primary sulfonamides is 1. The second-order valence-corrected chi connectivity index (χ2v) is 8.27. The van der Waals surface area contributed by atoms with Crippen LogP contribution in [0.3, 0.4) is 0 Å². The Bertz CT molecular complexity index is 647. The van der Waals surface area contributed by atoms with Gasteiger partial charge in [0.05, 0.1) is 5.75 Å². The number of carbonyl (C=O) groups excluding carboxylic acids is 1. The highest BCUT2D eigenvalue weighted by Crippen LogP contribution is 2.28. The SMILES string of the molecule is CC(C)(C)Oc1ccc(N2CC(CS(N)(=O)=O)CC2=O)cc1. The lowest BCUT2D eigenvalue weighted by atomic mass is 10.1. The minimum absolute atomic E-state index is 0.0851. The molecule has 2 N–H and O–H groups in total. The van der Waals surface area contributed by atoms with Gasteiger partial charge < -0.3 is 9.64 Å². The maximum atomic E-state index is 12.0. The average Bonchev–Trinajstić information content (AvgIpc) is 2.66. The maximum Gasteiger partial charge on any atom is 0.227 e. The van der Waals surface area contributed by atoms with Gasteiger partial charge in [-0.15, -0.1) is 0 Å². The molecule has 1 amide bonds. The molecule has 0 aromatic heterocycles. The van der Waals surface area contributed by atoms with Crippen molar-refractivity contribution in [1.29, 1.82) is 0 Å². The lowest BCUT2D eigenvalue weighted by Gasteiger charge is -2.22. The minimum Gasteiger partial charge on any atom is -0.488 e. The van der Waals surface area contributed by atoms with Gasteiger partial charge in [-0.2, -0.15) is 0 Å². The Morgan fingerprint density at radius 3 is 2.36 bits per heavy atom. The molecule has 0 saturated carbocycles. The standard InChI is InChI=1S/C15H22N2O4S/c1-15(2,3)21-13-6-4-12(5-7-13)17-9-11(8-14(17)18)10-22(16,19)20/h4-7,11H,8-10H2,1-3H3,(H2,16,19,20). The van der Waals surface area contributed by atoms with Gasteiger partial charge in [-0.05, 0) is 45.0 Å². The van der Waals surface area contributed by atoms with E-state index in [2.05, 4.69) is 0 Å². The summed E-state index contributed by atoms with van der Waals surface area (Å²) >= 11 is 0. The van der Waals surface area contributed by atoms with Crippen molar-refractivity contribution < 1.29 is 17.9 Å². The van der Waals surface area contributed by atoms with Crippen LogP contribution in [-0.4, -0.2) is 32.2 Å². The van der Waals surface area contributed by atoms with E-state index in [0.29, 0.717) is 6.54 Å². The molecule has 1 aliphatic heterocycles. The van der Waals surface area contributed by atoms with E-state index in [9.17, 15) is 13.2 Å². The second kappa shape index (κ2) is 5.89. The second-order valence-electron chi connectivity index (χ2n) is 6.61. The van der Waals surface area contributed by atoms with Crippen LogP contribution in [0.25, 0.3) is 0 Å². The number of carbonyl (C=O) groups is 1. The third kappa shape index (κ3) is 4.71. The molecule has 1 heterocycles. The molecule has 1 aromatic rings. The minimum atomic E-state index is -3.56. The van der Waals surface area contributed by atoms with Crippen molar-refractivity contribution in [2.45, 2.75) is 32.8 Å². The number of nitrogens with two attached hydrogens (primary N) is 1. The quantitative estimate of drug-likeness (QED) is 0.908. The third-order valence-corrected chi connectivity index (χ3v) is 4.18. The summed E-state index contributed by atoms with van der Waals surface area (Å²) < 4.78 is 28.0. The van der Waals surface area contributed by atoms with E-state index in [1.54, 1.807) is 29.2 Å². The Balaban J connectivity index is 2.07. The van der Waals surface area contributed by atoms with Crippen LogP contribution in [0, 0.1) is 5.92 Å². The molecule has 7 heteroatoms. The normalized spacial score (nSPS) is 19.5. The van der Waals surface area contributed by atoms with Gasteiger partial charge in [-0.3, -0.25) is 4.79 Å². The van der Waals surface area contributed by atoms with Gasteiger partial charge in [0.25, 0.3) is 0 Å². The zero-order chi connectivity index (χ0) is 16.5. The summed E-state index contributed by atoms with van der Waals surface area (Å²) in [5, 5.41) is 5.05. The van der Waals surface area contributed by atoms with E-state index in [1.165, 1.54) is 0 Å². The summed E-state index contributed by atoms with van der Waals surface area (Å²) in [6.07, 6.45) is 0.205. The monoisotopic (exact) mass is 326 g/mol. The molecule has 0 bridgehead atoms. The Hall–Kier alpha value is -1.60. The Kier molecular flexibility index (Phi) is 4.49. The van der Waals surface area contributed by atoms with E-state index >= 15 is 0 Å². The molecule has 1 aromatic carbocycles. The van der Waals surface area contributed by atoms with Crippen LogP contribution < -0.4 is 14.8 Å². The molecular weight excluding hydrogens is 304 g/mol. The van der Waals surface area contributed by atoms with Crippen LogP contribution in [0.2, 0.25) is 0 Å². The van der Waals surface area contributed by atoms with Crippen LogP contribution in [-0.2, 0) is 14.8 Å². The van der Waals surface area contributed by atoms with E-state index in [4.69, 9.17) is 9.88 Å². The molecule has 22 heavy (non-hydrogen) atoms. The molecule has 2 rings (SSSR count). The summed E-state index contributed by atoms with van der Waals surface area (Å²) in [5.41, 5.74) is 0.453. The number of hydrogen-bond donors (Lipinski definition) is 1. The summed E-state index contributed by atoms with van der Waals surface area (Å²) in [4.78, 5) is 13.6. The first-order valence-corrected chi connectivity index (χ1v) is 8.85. The highest BCUT2D eigenvalue weighted by Gasteiger charge is 2.32. The Labute approximate surface area is 131 Å². The molecular formula is C15H22N2O4S. The van der Waals surface area contributed by atoms with Crippen LogP contribution in [0.15, 0.2) is 24.3 Å². The Morgan fingerprint density at radius 1 is 1.27 bits per heavy atom. The van der Waals surface area contributed by atoms with Crippen molar-refractivity contribution in [2.75, 3.05) is 17.2 Å². The molecule has 6 nitrogen and oxygen atoms in total. The van der Waals surface area contributed by atoms with E-state index < -0.39 is 10.0 Å². The summed E-state index contributed by atoms with van der Waals surface area (Å²) in [5.74, 6) is 0.218. The van der Waals surface area contributed by atoms with Crippen LogP contribution in [0.5, 0.6) is 5.75 Å². The fourth-order valence-electron chi connectivity index (χ4n) is 2.52. The van der Waals surface area contributed by atoms with Gasteiger partial charge in [-0.25, -0.2) is 13.6 Å². The van der Waals surface area contributed by atoms with Crippen LogP contribution >= 0.6 is 0 Å². The van der Waals surface area contributed by atoms with Gasteiger partial charge in [-0.1, -0.05) is 0 Å². The van der Waals surface area contributed by atoms with E-state index in [1.807, 2.05) is 20.8 Å². The van der Waals surface area contributed by atoms with Crippen molar-refractivity contribution in [3.8, 4) is 5.75 Å². The van der Waals surface area contributed by atoms with Crippen LogP contribution in [0.4, 0.5) is 5.69 Å². The van der Waals surface area contributed by atoms with Gasteiger partial charge in [0.2, 0.25) is 15.9 Å². The fourth-order valence-corrected chi connectivity index (χ4v) is 3.40. The summed E-state index contributed by atoms with van der Waals surface area (Å²) in [7, 11) is -3.56. The summed E-state index contributed by atoms with van der Waals surface area (Å²) in [6.45, 7) is 6.25. The predicted octanol–water partition coefficient (Wildman–Crippen LogP) is 1.51. The number of benzene rings is 1. The third-order valence-electron chi connectivity index (χ3n) is 3.25. The highest BCUT2D eigenvalue weighted by molar-refractivity contribution is 7.89. The molecule has 122 valence electrons. The highest BCUT2D eigenvalue weighted by atomic mass is 32.2. The molecule has 1 fully saturated rings. The van der Waals surface area contributed by atoms with Crippen molar-refractivity contribution in [3.05, 3.63) is 24.3 Å². The van der Waals surface area contributed by atoms with E-state index in [0.717, 1.165) is 11.4 Å². The molecule has 1 unspecified atom stereocenters. The van der Waals surface area contributed by atoms with Crippen molar-refractivity contribution >= 4 is 21.6 Å². The number of hydrogen-bond acceptors (Lipinski definition) is 4. The molecule has 1 atom stereocenters. The lowest BCUT2D eigenvalue weighted by Crippen LogP contribution is -2.27. The average molecular weight is 326 g/mol. The first-order valence-electron chi connectivity index (χ1n) is 7.13. The largest absolute Gasteiger partial charge is 0.488 e. The molecule has 0 aliphatic carbocycles. The number of sulfonamides is 1. The van der Waals surface area contributed by atoms with Gasteiger partial charge >= 0.3 is 0 Å². The van der Waals surface area contributed by atoms with Crippen molar-refractivity contribution in [1.82, 2.24) is 0 Å². The smallest absolute Gasteiger partial charge is 0.227 e. The number of rotatable bonds is 4. The lowest BCUT2D eigenvalue weighted by molar-refractivity contribution is -0.117. The van der Waals surface area contributed by atoms with Gasteiger partial charge in [0.15, 0.2) is 0 Å².